The average molecular weight is 693 g/mol. The van der Waals surface area contributed by atoms with Crippen LogP contribution >= 0.6 is 0 Å². The zero-order valence-electron chi connectivity index (χ0n) is 30.0. The molecule has 9 nitrogen and oxygen atoms in total. The van der Waals surface area contributed by atoms with Gasteiger partial charge in [0.05, 0.1) is 34.0 Å². The first-order chi connectivity index (χ1) is 24.8. The molecule has 1 atom stereocenters. The van der Waals surface area contributed by atoms with Crippen molar-refractivity contribution >= 4 is 12.2 Å². The minimum atomic E-state index is -1.07. The van der Waals surface area contributed by atoms with Gasteiger partial charge in [0.25, 0.3) is 5.91 Å². The summed E-state index contributed by atoms with van der Waals surface area (Å²) in [5.74, 6) is 1.83. The number of rotatable bonds is 13. The van der Waals surface area contributed by atoms with E-state index in [1.54, 1.807) is 26.4 Å². The molecule has 2 fully saturated rings. The van der Waals surface area contributed by atoms with E-state index in [9.17, 15) is 14.7 Å². The number of methoxy groups -OCH3 is 4. The summed E-state index contributed by atoms with van der Waals surface area (Å²) in [5.41, 5.74) is 2.22. The van der Waals surface area contributed by atoms with E-state index in [4.69, 9.17) is 18.9 Å². The quantitative estimate of drug-likeness (QED) is 0.162. The number of amides is 1. The van der Waals surface area contributed by atoms with Crippen LogP contribution in [0.2, 0.25) is 0 Å². The largest absolute Gasteiger partial charge is 0.496 e. The van der Waals surface area contributed by atoms with Crippen LogP contribution in [0.15, 0.2) is 91.0 Å². The Bertz CT molecular complexity index is 1740. The van der Waals surface area contributed by atoms with Crippen LogP contribution in [-0.2, 0) is 11.0 Å². The van der Waals surface area contributed by atoms with E-state index in [-0.39, 0.29) is 22.8 Å². The molecule has 2 heterocycles. The van der Waals surface area contributed by atoms with Crippen molar-refractivity contribution < 1.29 is 33.6 Å². The number of piperidine rings is 1. The average Bonchev–Trinajstić information content (AvgIpc) is 3.65. The topological polar surface area (TPSA) is 97.8 Å². The highest BCUT2D eigenvalue weighted by Crippen LogP contribution is 2.44. The maximum atomic E-state index is 14.0. The van der Waals surface area contributed by atoms with Gasteiger partial charge in [-0.15, -0.1) is 0 Å². The van der Waals surface area contributed by atoms with E-state index in [2.05, 4.69) is 11.0 Å². The van der Waals surface area contributed by atoms with Crippen LogP contribution in [0.1, 0.15) is 63.1 Å². The summed E-state index contributed by atoms with van der Waals surface area (Å²) in [6.45, 7) is 3.64. The zero-order chi connectivity index (χ0) is 36.0. The van der Waals surface area contributed by atoms with Crippen molar-refractivity contribution in [2.24, 2.45) is 5.92 Å². The molecular weight excluding hydrogens is 644 g/mol. The van der Waals surface area contributed by atoms with E-state index in [0.717, 1.165) is 62.0 Å². The third kappa shape index (κ3) is 7.05. The molecule has 1 unspecified atom stereocenters. The van der Waals surface area contributed by atoms with Gasteiger partial charge in [-0.05, 0) is 92.2 Å². The molecule has 0 aromatic heterocycles. The van der Waals surface area contributed by atoms with E-state index in [0.29, 0.717) is 47.9 Å². The highest BCUT2D eigenvalue weighted by molar-refractivity contribution is 5.97. The lowest BCUT2D eigenvalue weighted by Crippen LogP contribution is -2.45. The monoisotopic (exact) mass is 692 g/mol. The van der Waals surface area contributed by atoms with Gasteiger partial charge in [0.1, 0.15) is 17.1 Å². The summed E-state index contributed by atoms with van der Waals surface area (Å²) >= 11 is 0. The molecular formula is C42H48N2O7. The fraction of sp³-hybridized carbons (Fsp3) is 0.381. The maximum Gasteiger partial charge on any atom is 0.254 e. The Balaban J connectivity index is 1.23. The highest BCUT2D eigenvalue weighted by atomic mass is 16.5. The molecule has 2 aliphatic heterocycles. The second-order valence-corrected chi connectivity index (χ2v) is 13.6. The SMILES string of the molecule is COc1ccc(C2(CCN3CCC(C(O)(c4ccccc4)c4ccccc4)CC3)CCN(C(=O)c3cc(OC)c(C=O)c(OC)c3)C2)cc1OC. The molecule has 6 rings (SSSR count). The van der Waals surface area contributed by atoms with Crippen molar-refractivity contribution in [2.75, 3.05) is 61.2 Å². The number of hydrogen-bond acceptors (Lipinski definition) is 8. The Morgan fingerprint density at radius 2 is 1.35 bits per heavy atom. The Labute approximate surface area is 300 Å². The van der Waals surface area contributed by atoms with Crippen LogP contribution < -0.4 is 18.9 Å². The summed E-state index contributed by atoms with van der Waals surface area (Å²) in [5, 5.41) is 12.4. The molecule has 2 saturated heterocycles. The smallest absolute Gasteiger partial charge is 0.254 e. The minimum absolute atomic E-state index is 0.0672. The van der Waals surface area contributed by atoms with Gasteiger partial charge in [0.15, 0.2) is 17.8 Å². The van der Waals surface area contributed by atoms with Crippen molar-refractivity contribution in [3.63, 3.8) is 0 Å². The van der Waals surface area contributed by atoms with Gasteiger partial charge in [-0.3, -0.25) is 9.59 Å². The van der Waals surface area contributed by atoms with Gasteiger partial charge in [-0.1, -0.05) is 66.7 Å². The van der Waals surface area contributed by atoms with Crippen LogP contribution in [0.4, 0.5) is 0 Å². The van der Waals surface area contributed by atoms with Gasteiger partial charge in [0, 0.05) is 24.1 Å². The predicted molar refractivity (Wildman–Crippen MR) is 196 cm³/mol. The highest BCUT2D eigenvalue weighted by Gasteiger charge is 2.44. The Hall–Kier alpha value is -4.86. The molecule has 268 valence electrons. The van der Waals surface area contributed by atoms with Crippen LogP contribution in [0.3, 0.4) is 0 Å². The number of carbonyl (C=O) groups is 2. The number of benzene rings is 4. The second-order valence-electron chi connectivity index (χ2n) is 13.6. The van der Waals surface area contributed by atoms with Crippen molar-refractivity contribution in [1.82, 2.24) is 9.80 Å². The Morgan fingerprint density at radius 1 is 0.784 bits per heavy atom. The second kappa shape index (κ2) is 15.6. The summed E-state index contributed by atoms with van der Waals surface area (Å²) in [6.07, 6.45) is 3.99. The Kier molecular flexibility index (Phi) is 11.0. The molecule has 0 bridgehead atoms. The number of carbonyl (C=O) groups excluding carboxylic acids is 2. The normalized spacial score (nSPS) is 18.3. The van der Waals surface area contributed by atoms with Gasteiger partial charge in [-0.25, -0.2) is 0 Å². The molecule has 2 aliphatic rings. The number of nitrogens with zero attached hydrogens (tertiary/aromatic N) is 2. The standard InChI is InChI=1S/C42H48N2O7/c1-48-36-16-15-34(27-39(36)51-4)41(20-24-44(29-41)40(46)30-25-37(49-2)35(28-45)38(26-30)50-3)19-23-43-21-17-33(18-22-43)42(47,31-11-7-5-8-12-31)32-13-9-6-10-14-32/h5-16,25-28,33,47H,17-24,29H2,1-4H3. The van der Waals surface area contributed by atoms with Gasteiger partial charge < -0.3 is 33.9 Å². The third-order valence-corrected chi connectivity index (χ3v) is 11.1. The molecule has 1 N–H and O–H groups in total. The third-order valence-electron chi connectivity index (χ3n) is 11.1. The summed E-state index contributed by atoms with van der Waals surface area (Å²) < 4.78 is 22.2. The van der Waals surface area contributed by atoms with E-state index >= 15 is 0 Å². The lowest BCUT2D eigenvalue weighted by molar-refractivity contribution is -0.0149. The predicted octanol–water partition coefficient (Wildman–Crippen LogP) is 6.36. The molecule has 4 aromatic carbocycles. The van der Waals surface area contributed by atoms with E-state index in [1.807, 2.05) is 77.7 Å². The van der Waals surface area contributed by atoms with E-state index < -0.39 is 5.60 Å². The van der Waals surface area contributed by atoms with Crippen molar-refractivity contribution in [2.45, 2.75) is 36.7 Å². The number of likely N-dealkylation sites (tertiary alicyclic amines) is 2. The summed E-state index contributed by atoms with van der Waals surface area (Å²) in [4.78, 5) is 30.2. The van der Waals surface area contributed by atoms with Crippen LogP contribution in [0.25, 0.3) is 0 Å². The molecule has 51 heavy (non-hydrogen) atoms. The first-order valence-electron chi connectivity index (χ1n) is 17.6. The van der Waals surface area contributed by atoms with E-state index in [1.165, 1.54) is 14.2 Å². The van der Waals surface area contributed by atoms with Gasteiger partial charge in [-0.2, -0.15) is 0 Å². The zero-order valence-corrected chi connectivity index (χ0v) is 30.0. The lowest BCUT2D eigenvalue weighted by Gasteiger charge is -2.43. The van der Waals surface area contributed by atoms with Crippen molar-refractivity contribution in [3.8, 4) is 23.0 Å². The molecule has 0 radical (unpaired) electrons. The van der Waals surface area contributed by atoms with Crippen LogP contribution in [0.5, 0.6) is 23.0 Å². The molecule has 9 heteroatoms. The number of aliphatic hydroxyl groups is 1. The summed E-state index contributed by atoms with van der Waals surface area (Å²) in [7, 11) is 6.21. The summed E-state index contributed by atoms with van der Waals surface area (Å²) in [6, 6.07) is 29.4. The number of ether oxygens (including phenoxy) is 4. The van der Waals surface area contributed by atoms with Crippen molar-refractivity contribution in [1.29, 1.82) is 0 Å². The van der Waals surface area contributed by atoms with Crippen LogP contribution in [-0.4, -0.2) is 88.3 Å². The molecule has 0 spiro atoms. The van der Waals surface area contributed by atoms with Crippen LogP contribution in [0, 0.1) is 5.92 Å². The number of aldehydes is 1. The van der Waals surface area contributed by atoms with Crippen molar-refractivity contribution in [3.05, 3.63) is 119 Å². The van der Waals surface area contributed by atoms with Gasteiger partial charge >= 0.3 is 0 Å². The van der Waals surface area contributed by atoms with Gasteiger partial charge in [0.2, 0.25) is 0 Å². The minimum Gasteiger partial charge on any atom is -0.496 e. The fourth-order valence-electron chi connectivity index (χ4n) is 8.13. The molecule has 0 aliphatic carbocycles. The molecule has 4 aromatic rings. The Morgan fingerprint density at radius 3 is 1.88 bits per heavy atom. The lowest BCUT2D eigenvalue weighted by atomic mass is 9.72. The molecule has 1 amide bonds. The maximum absolute atomic E-state index is 14.0. The fourth-order valence-corrected chi connectivity index (χ4v) is 8.13. The first-order valence-corrected chi connectivity index (χ1v) is 17.6. The number of hydrogen-bond donors (Lipinski definition) is 1. The first kappa shape index (κ1) is 35.9. The molecule has 0 saturated carbocycles.